The summed E-state index contributed by atoms with van der Waals surface area (Å²) in [6, 6.07) is 26.9. The molecule has 0 saturated heterocycles. The first kappa shape index (κ1) is 35.0. The Morgan fingerprint density at radius 1 is 0.848 bits per heavy atom. The molecule has 46 heavy (non-hydrogen) atoms. The summed E-state index contributed by atoms with van der Waals surface area (Å²) in [6.45, 7) is 7.45. The molecule has 4 aromatic carbocycles. The van der Waals surface area contributed by atoms with E-state index < -0.39 is 28.5 Å². The van der Waals surface area contributed by atoms with E-state index in [1.165, 1.54) is 17.0 Å². The third-order valence-electron chi connectivity index (χ3n) is 7.55. The fourth-order valence-electron chi connectivity index (χ4n) is 5.03. The van der Waals surface area contributed by atoms with Crippen LogP contribution in [0.3, 0.4) is 0 Å². The van der Waals surface area contributed by atoms with Gasteiger partial charge in [-0.25, -0.2) is 8.42 Å². The van der Waals surface area contributed by atoms with Crippen LogP contribution in [0.1, 0.15) is 36.1 Å². The van der Waals surface area contributed by atoms with E-state index in [0.29, 0.717) is 33.4 Å². The molecule has 4 aromatic rings. The number of carbonyl (C=O) groups is 2. The van der Waals surface area contributed by atoms with Crippen LogP contribution >= 0.6 is 23.2 Å². The molecule has 242 valence electrons. The van der Waals surface area contributed by atoms with Crippen LogP contribution in [0.4, 0.5) is 5.69 Å². The zero-order chi connectivity index (χ0) is 33.4. The van der Waals surface area contributed by atoms with Crippen LogP contribution in [-0.4, -0.2) is 44.3 Å². The highest BCUT2D eigenvalue weighted by Gasteiger charge is 2.35. The van der Waals surface area contributed by atoms with Gasteiger partial charge in [-0.15, -0.1) is 0 Å². The molecule has 10 heteroatoms. The number of anilines is 1. The van der Waals surface area contributed by atoms with E-state index in [-0.39, 0.29) is 29.7 Å². The topological polar surface area (TPSA) is 86.8 Å². The fraction of sp³-hybridized carbons (Fsp3) is 0.278. The van der Waals surface area contributed by atoms with Crippen molar-refractivity contribution in [3.8, 4) is 0 Å². The van der Waals surface area contributed by atoms with Gasteiger partial charge in [-0.1, -0.05) is 104 Å². The highest BCUT2D eigenvalue weighted by Crippen LogP contribution is 2.29. The van der Waals surface area contributed by atoms with Crippen LogP contribution in [0, 0.1) is 19.8 Å². The van der Waals surface area contributed by atoms with Crippen molar-refractivity contribution in [2.24, 2.45) is 5.92 Å². The largest absolute Gasteiger partial charge is 0.354 e. The van der Waals surface area contributed by atoms with E-state index in [9.17, 15) is 18.0 Å². The molecule has 0 unspecified atom stereocenters. The van der Waals surface area contributed by atoms with Crippen LogP contribution < -0.4 is 9.62 Å². The molecule has 0 radical (unpaired) electrons. The number of sulfonamides is 1. The summed E-state index contributed by atoms with van der Waals surface area (Å²) in [5.74, 6) is -0.737. The van der Waals surface area contributed by atoms with Crippen molar-refractivity contribution in [2.75, 3.05) is 17.4 Å². The lowest BCUT2D eigenvalue weighted by atomic mass is 10.0. The van der Waals surface area contributed by atoms with Crippen molar-refractivity contribution in [3.63, 3.8) is 0 Å². The molecular weight excluding hydrogens is 641 g/mol. The summed E-state index contributed by atoms with van der Waals surface area (Å²) in [6.07, 6.45) is 0.205. The standard InChI is InChI=1S/C36H39Cl2N3O4S/c1-25(2)22-39-36(43)34(20-28-11-7-5-8-12-28)40(23-29-17-18-30(37)21-32(29)38)35(42)24-41(33-19-26(3)15-16-27(33)4)46(44,45)31-13-9-6-10-14-31/h5-19,21,25,34H,20,22-24H2,1-4H3,(H,39,43)/t34-/m0/s1. The fourth-order valence-corrected chi connectivity index (χ4v) is 6.99. The molecule has 0 saturated carbocycles. The van der Waals surface area contributed by atoms with Gasteiger partial charge in [0.1, 0.15) is 12.6 Å². The van der Waals surface area contributed by atoms with Crippen molar-refractivity contribution >= 4 is 50.7 Å². The van der Waals surface area contributed by atoms with Gasteiger partial charge in [0.25, 0.3) is 10.0 Å². The quantitative estimate of drug-likeness (QED) is 0.162. The van der Waals surface area contributed by atoms with Gasteiger partial charge < -0.3 is 10.2 Å². The Morgan fingerprint density at radius 2 is 1.50 bits per heavy atom. The number of nitrogens with one attached hydrogen (secondary N) is 1. The van der Waals surface area contributed by atoms with E-state index >= 15 is 0 Å². The second-order valence-electron chi connectivity index (χ2n) is 11.7. The van der Waals surface area contributed by atoms with Gasteiger partial charge >= 0.3 is 0 Å². The van der Waals surface area contributed by atoms with Crippen molar-refractivity contribution in [2.45, 2.75) is 51.6 Å². The number of hydrogen-bond acceptors (Lipinski definition) is 4. The number of halogens is 2. The molecule has 2 amide bonds. The second-order valence-corrected chi connectivity index (χ2v) is 14.4. The molecule has 0 aromatic heterocycles. The van der Waals surface area contributed by atoms with Crippen LogP contribution in [0.15, 0.2) is 102 Å². The Hall–Kier alpha value is -3.85. The SMILES string of the molecule is Cc1ccc(C)c(N(CC(=O)N(Cc2ccc(Cl)cc2Cl)[C@@H](Cc2ccccc2)C(=O)NCC(C)C)S(=O)(=O)c2ccccc2)c1. The Labute approximate surface area is 282 Å². The molecule has 0 spiro atoms. The van der Waals surface area contributed by atoms with Gasteiger partial charge in [0.15, 0.2) is 0 Å². The molecule has 0 aliphatic carbocycles. The first-order chi connectivity index (χ1) is 21.9. The molecule has 7 nitrogen and oxygen atoms in total. The van der Waals surface area contributed by atoms with Crippen molar-refractivity contribution in [3.05, 3.63) is 129 Å². The first-order valence-electron chi connectivity index (χ1n) is 15.1. The number of rotatable bonds is 13. The minimum atomic E-state index is -4.19. The molecule has 0 fully saturated rings. The summed E-state index contributed by atoms with van der Waals surface area (Å²) in [4.78, 5) is 30.0. The van der Waals surface area contributed by atoms with Gasteiger partial charge in [0.05, 0.1) is 10.6 Å². The van der Waals surface area contributed by atoms with Crippen molar-refractivity contribution in [1.82, 2.24) is 10.2 Å². The second kappa shape index (κ2) is 15.6. The minimum Gasteiger partial charge on any atom is -0.354 e. The van der Waals surface area contributed by atoms with Gasteiger partial charge in [0, 0.05) is 29.6 Å². The molecule has 1 N–H and O–H groups in total. The lowest BCUT2D eigenvalue weighted by Crippen LogP contribution is -2.53. The van der Waals surface area contributed by atoms with Gasteiger partial charge in [0.2, 0.25) is 11.8 Å². The van der Waals surface area contributed by atoms with Gasteiger partial charge in [-0.2, -0.15) is 0 Å². The Balaban J connectivity index is 1.84. The first-order valence-corrected chi connectivity index (χ1v) is 17.3. The predicted molar refractivity (Wildman–Crippen MR) is 186 cm³/mol. The molecule has 4 rings (SSSR count). The number of hydrogen-bond donors (Lipinski definition) is 1. The Bertz CT molecular complexity index is 1770. The smallest absolute Gasteiger partial charge is 0.264 e. The van der Waals surface area contributed by atoms with Gasteiger partial charge in [-0.3, -0.25) is 13.9 Å². The zero-order valence-electron chi connectivity index (χ0n) is 26.4. The zero-order valence-corrected chi connectivity index (χ0v) is 28.7. The molecule has 0 aliphatic rings. The highest BCUT2D eigenvalue weighted by atomic mass is 35.5. The predicted octanol–water partition coefficient (Wildman–Crippen LogP) is 7.22. The molecule has 0 aliphatic heterocycles. The number of nitrogens with zero attached hydrogens (tertiary/aromatic N) is 2. The molecule has 0 heterocycles. The summed E-state index contributed by atoms with van der Waals surface area (Å²) in [5.41, 5.74) is 3.31. The van der Waals surface area contributed by atoms with Crippen LogP contribution in [-0.2, 0) is 32.6 Å². The van der Waals surface area contributed by atoms with Crippen molar-refractivity contribution < 1.29 is 18.0 Å². The Kier molecular flexibility index (Phi) is 11.9. The molecule has 1 atom stereocenters. The minimum absolute atomic E-state index is 0.0477. The maximum absolute atomic E-state index is 14.6. The number of aryl methyl sites for hydroxylation is 2. The van der Waals surface area contributed by atoms with E-state index in [0.717, 1.165) is 15.4 Å². The van der Waals surface area contributed by atoms with E-state index in [4.69, 9.17) is 23.2 Å². The van der Waals surface area contributed by atoms with Crippen LogP contribution in [0.5, 0.6) is 0 Å². The van der Waals surface area contributed by atoms with E-state index in [2.05, 4.69) is 5.32 Å². The third kappa shape index (κ3) is 8.90. The summed E-state index contributed by atoms with van der Waals surface area (Å²) in [5, 5.41) is 3.74. The molecular formula is C36H39Cl2N3O4S. The maximum Gasteiger partial charge on any atom is 0.264 e. The third-order valence-corrected chi connectivity index (χ3v) is 9.92. The molecule has 0 bridgehead atoms. The van der Waals surface area contributed by atoms with E-state index in [1.807, 2.05) is 63.2 Å². The van der Waals surface area contributed by atoms with Crippen LogP contribution in [0.25, 0.3) is 0 Å². The monoisotopic (exact) mass is 679 g/mol. The highest BCUT2D eigenvalue weighted by molar-refractivity contribution is 7.92. The number of benzene rings is 4. The van der Waals surface area contributed by atoms with Crippen molar-refractivity contribution in [1.29, 1.82) is 0 Å². The maximum atomic E-state index is 14.6. The number of amides is 2. The van der Waals surface area contributed by atoms with Crippen LogP contribution in [0.2, 0.25) is 10.0 Å². The summed E-state index contributed by atoms with van der Waals surface area (Å²) in [7, 11) is -4.19. The lowest BCUT2D eigenvalue weighted by Gasteiger charge is -2.34. The number of carbonyl (C=O) groups excluding carboxylic acids is 2. The average Bonchev–Trinajstić information content (AvgIpc) is 3.03. The summed E-state index contributed by atoms with van der Waals surface area (Å²) < 4.78 is 29.6. The normalized spacial score (nSPS) is 12.1. The summed E-state index contributed by atoms with van der Waals surface area (Å²) >= 11 is 12.8. The Morgan fingerprint density at radius 3 is 2.13 bits per heavy atom. The van der Waals surface area contributed by atoms with E-state index in [1.54, 1.807) is 49.4 Å². The average molecular weight is 681 g/mol. The van der Waals surface area contributed by atoms with Gasteiger partial charge in [-0.05, 0) is 72.4 Å². The lowest BCUT2D eigenvalue weighted by molar-refractivity contribution is -0.140.